The fourth-order valence-electron chi connectivity index (χ4n) is 2.42. The van der Waals surface area contributed by atoms with Gasteiger partial charge in [0, 0.05) is 17.3 Å². The zero-order chi connectivity index (χ0) is 17.1. The number of aromatic nitrogens is 4. The minimum absolute atomic E-state index is 0.197. The Bertz CT molecular complexity index is 756. The van der Waals surface area contributed by atoms with Crippen LogP contribution in [0.15, 0.2) is 24.3 Å². The van der Waals surface area contributed by atoms with Gasteiger partial charge >= 0.3 is 0 Å². The van der Waals surface area contributed by atoms with Gasteiger partial charge in [0.2, 0.25) is 5.91 Å². The molecule has 1 amide bonds. The van der Waals surface area contributed by atoms with E-state index >= 15 is 0 Å². The Morgan fingerprint density at radius 3 is 2.88 bits per heavy atom. The van der Waals surface area contributed by atoms with Crippen molar-refractivity contribution in [2.45, 2.75) is 50.3 Å². The summed E-state index contributed by atoms with van der Waals surface area (Å²) < 4.78 is 14.2. The van der Waals surface area contributed by atoms with Gasteiger partial charge < -0.3 is 5.32 Å². The first kappa shape index (κ1) is 16.8. The van der Waals surface area contributed by atoms with Crippen LogP contribution < -0.4 is 5.32 Å². The molecule has 2 atom stereocenters. The lowest BCUT2D eigenvalue weighted by Crippen LogP contribution is -2.35. The van der Waals surface area contributed by atoms with Crippen LogP contribution in [0.3, 0.4) is 0 Å². The van der Waals surface area contributed by atoms with Gasteiger partial charge in [-0.05, 0) is 48.2 Å². The van der Waals surface area contributed by atoms with Gasteiger partial charge in [0.1, 0.15) is 5.25 Å². The average Bonchev–Trinajstić information content (AvgIpc) is 3.32. The summed E-state index contributed by atoms with van der Waals surface area (Å²) in [5, 5.41) is 13.8. The fourth-order valence-corrected chi connectivity index (χ4v) is 3.43. The molecule has 128 valence electrons. The first-order valence-corrected chi connectivity index (χ1v) is 9.40. The van der Waals surface area contributed by atoms with Gasteiger partial charge in [-0.3, -0.25) is 9.00 Å². The lowest BCUT2D eigenvalue weighted by atomic mass is 10.1. The minimum Gasteiger partial charge on any atom is -0.351 e. The normalized spacial score (nSPS) is 16.6. The quantitative estimate of drug-likeness (QED) is 0.815. The molecule has 8 heteroatoms. The molecule has 1 heterocycles. The average molecular weight is 347 g/mol. The van der Waals surface area contributed by atoms with Crippen LogP contribution in [0.5, 0.6) is 0 Å². The summed E-state index contributed by atoms with van der Waals surface area (Å²) in [4.78, 5) is 12.3. The second kappa shape index (κ2) is 7.21. The van der Waals surface area contributed by atoms with Crippen molar-refractivity contribution in [2.75, 3.05) is 0 Å². The van der Waals surface area contributed by atoms with Crippen LogP contribution in [0.2, 0.25) is 0 Å². The molecule has 1 aromatic carbocycles. The van der Waals surface area contributed by atoms with Crippen molar-refractivity contribution in [1.82, 2.24) is 25.5 Å². The maximum absolute atomic E-state index is 12.5. The summed E-state index contributed by atoms with van der Waals surface area (Å²) in [5.41, 5.74) is 2.18. The number of nitrogens with one attached hydrogen (secondary N) is 1. The lowest BCUT2D eigenvalue weighted by molar-refractivity contribution is -0.120. The summed E-state index contributed by atoms with van der Waals surface area (Å²) in [5.74, 6) is 0.569. The molecule has 0 bridgehead atoms. The first-order valence-electron chi connectivity index (χ1n) is 8.02. The zero-order valence-electron chi connectivity index (χ0n) is 13.8. The molecule has 0 saturated heterocycles. The van der Waals surface area contributed by atoms with Crippen LogP contribution in [0.25, 0.3) is 0 Å². The number of benzene rings is 1. The highest BCUT2D eigenvalue weighted by Crippen LogP contribution is 2.34. The largest absolute Gasteiger partial charge is 0.351 e. The van der Waals surface area contributed by atoms with E-state index in [9.17, 15) is 9.00 Å². The van der Waals surface area contributed by atoms with Crippen molar-refractivity contribution in [1.29, 1.82) is 0 Å². The Morgan fingerprint density at radius 2 is 2.17 bits per heavy atom. The number of aryl methyl sites for hydroxylation is 1. The Kier molecular flexibility index (Phi) is 5.03. The minimum atomic E-state index is -1.36. The van der Waals surface area contributed by atoms with E-state index in [4.69, 9.17) is 0 Å². The molecule has 2 unspecified atom stereocenters. The molecule has 1 saturated carbocycles. The van der Waals surface area contributed by atoms with E-state index in [1.807, 2.05) is 31.2 Å². The van der Waals surface area contributed by atoms with Crippen molar-refractivity contribution >= 4 is 16.7 Å². The van der Waals surface area contributed by atoms with Crippen LogP contribution in [0, 0.1) is 6.92 Å². The second-order valence-corrected chi connectivity index (χ2v) is 7.84. The molecule has 1 aliphatic rings. The number of tetrazole rings is 1. The molecule has 1 aromatic heterocycles. The molecule has 1 N–H and O–H groups in total. The third kappa shape index (κ3) is 3.87. The highest BCUT2D eigenvalue weighted by Gasteiger charge is 2.29. The van der Waals surface area contributed by atoms with Crippen molar-refractivity contribution in [2.24, 2.45) is 0 Å². The van der Waals surface area contributed by atoms with E-state index in [1.54, 1.807) is 11.6 Å². The topological polar surface area (TPSA) is 89.8 Å². The molecule has 1 aliphatic carbocycles. The smallest absolute Gasteiger partial charge is 0.235 e. The number of carbonyl (C=O) groups is 1. The van der Waals surface area contributed by atoms with E-state index in [0.717, 1.165) is 24.0 Å². The molecule has 2 aromatic rings. The summed E-state index contributed by atoms with van der Waals surface area (Å²) >= 11 is 0. The van der Waals surface area contributed by atoms with E-state index in [1.165, 1.54) is 0 Å². The van der Waals surface area contributed by atoms with Gasteiger partial charge in [0.15, 0.2) is 5.82 Å². The second-order valence-electron chi connectivity index (χ2n) is 6.08. The molecule has 0 aliphatic heterocycles. The van der Waals surface area contributed by atoms with Gasteiger partial charge in [-0.2, -0.15) is 0 Å². The van der Waals surface area contributed by atoms with E-state index in [2.05, 4.69) is 20.8 Å². The van der Waals surface area contributed by atoms with Crippen LogP contribution in [0.4, 0.5) is 0 Å². The summed E-state index contributed by atoms with van der Waals surface area (Å²) in [6.07, 6.45) is 2.11. The van der Waals surface area contributed by atoms with Crippen molar-refractivity contribution < 1.29 is 9.00 Å². The monoisotopic (exact) mass is 347 g/mol. The molecule has 3 rings (SSSR count). The highest BCUT2D eigenvalue weighted by atomic mass is 32.2. The Morgan fingerprint density at radius 1 is 1.42 bits per heavy atom. The molecular weight excluding hydrogens is 326 g/mol. The van der Waals surface area contributed by atoms with E-state index < -0.39 is 16.0 Å². The predicted molar refractivity (Wildman–Crippen MR) is 90.4 cm³/mol. The molecule has 24 heavy (non-hydrogen) atoms. The summed E-state index contributed by atoms with van der Waals surface area (Å²) in [7, 11) is -1.36. The van der Waals surface area contributed by atoms with Gasteiger partial charge in [0.25, 0.3) is 0 Å². The SMILES string of the molecule is Cc1ccccc1CNC(=O)C(C)S(=O)Cc1nnnn1C1CC1. The standard InChI is InChI=1S/C16H21N5O2S/c1-11-5-3-4-6-13(11)9-17-16(22)12(2)24(23)10-15-18-19-20-21(15)14-7-8-14/h3-6,12,14H,7-10H2,1-2H3,(H,17,22). The van der Waals surface area contributed by atoms with Crippen LogP contribution in [-0.4, -0.2) is 35.6 Å². The highest BCUT2D eigenvalue weighted by molar-refractivity contribution is 7.85. The summed E-state index contributed by atoms with van der Waals surface area (Å²) in [6, 6.07) is 8.20. The Balaban J connectivity index is 1.55. The van der Waals surface area contributed by atoms with Crippen molar-refractivity contribution in [3.8, 4) is 0 Å². The predicted octanol–water partition coefficient (Wildman–Crippen LogP) is 1.27. The number of rotatable bonds is 7. The number of carbonyl (C=O) groups excluding carboxylic acids is 1. The number of hydrogen-bond acceptors (Lipinski definition) is 5. The molecule has 0 radical (unpaired) electrons. The molecule has 0 spiro atoms. The fraction of sp³-hybridized carbons (Fsp3) is 0.500. The first-order chi connectivity index (χ1) is 11.6. The van der Waals surface area contributed by atoms with E-state index in [0.29, 0.717) is 18.4 Å². The van der Waals surface area contributed by atoms with Crippen LogP contribution in [0.1, 0.15) is 42.8 Å². The van der Waals surface area contributed by atoms with Crippen molar-refractivity contribution in [3.63, 3.8) is 0 Å². The number of amides is 1. The molecule has 7 nitrogen and oxygen atoms in total. The van der Waals surface area contributed by atoms with Gasteiger partial charge in [0.05, 0.1) is 11.8 Å². The number of hydrogen-bond donors (Lipinski definition) is 1. The van der Waals surface area contributed by atoms with Gasteiger partial charge in [-0.1, -0.05) is 24.3 Å². The molecular formula is C16H21N5O2S. The van der Waals surface area contributed by atoms with E-state index in [-0.39, 0.29) is 11.7 Å². The zero-order valence-corrected chi connectivity index (χ0v) is 14.6. The van der Waals surface area contributed by atoms with Crippen LogP contribution >= 0.6 is 0 Å². The third-order valence-electron chi connectivity index (χ3n) is 4.20. The molecule has 1 fully saturated rings. The van der Waals surface area contributed by atoms with Gasteiger partial charge in [-0.15, -0.1) is 5.10 Å². The van der Waals surface area contributed by atoms with Gasteiger partial charge in [-0.25, -0.2) is 4.68 Å². The Labute approximate surface area is 143 Å². The van der Waals surface area contributed by atoms with Crippen molar-refractivity contribution in [3.05, 3.63) is 41.2 Å². The number of nitrogens with zero attached hydrogens (tertiary/aromatic N) is 4. The Hall–Kier alpha value is -2.09. The lowest BCUT2D eigenvalue weighted by Gasteiger charge is -2.13. The maximum Gasteiger partial charge on any atom is 0.235 e. The van der Waals surface area contributed by atoms with Crippen LogP contribution in [-0.2, 0) is 27.9 Å². The summed E-state index contributed by atoms with van der Waals surface area (Å²) in [6.45, 7) is 4.11. The third-order valence-corrected chi connectivity index (χ3v) is 5.75. The maximum atomic E-state index is 12.5.